The van der Waals surface area contributed by atoms with Crippen molar-refractivity contribution in [1.82, 2.24) is 0 Å². The topological polar surface area (TPSA) is 40.5 Å². The van der Waals surface area contributed by atoms with Gasteiger partial charge in [-0.3, -0.25) is 0 Å². The minimum absolute atomic E-state index is 0.197. The highest BCUT2D eigenvalue weighted by Crippen LogP contribution is 2.78. The molecule has 0 aliphatic heterocycles. The summed E-state index contributed by atoms with van der Waals surface area (Å²) >= 11 is 0. The van der Waals surface area contributed by atoms with E-state index in [-0.39, 0.29) is 10.8 Å². The first-order chi connectivity index (χ1) is 14.6. The highest BCUT2D eigenvalue weighted by Gasteiger charge is 2.73. The van der Waals surface area contributed by atoms with Crippen molar-refractivity contribution in [2.24, 2.45) is 62.6 Å². The summed E-state index contributed by atoms with van der Waals surface area (Å²) in [5, 5.41) is 23.1. The van der Waals surface area contributed by atoms with Crippen molar-refractivity contribution >= 4 is 0 Å². The first-order valence-electron chi connectivity index (χ1n) is 14.1. The smallest absolute Gasteiger partial charge is 0.168 e. The molecule has 2 N–H and O–H groups in total. The molecule has 9 atom stereocenters. The van der Waals surface area contributed by atoms with Crippen LogP contribution in [0.3, 0.4) is 0 Å². The molecule has 2 nitrogen and oxygen atoms in total. The lowest BCUT2D eigenvalue weighted by molar-refractivity contribution is -0.352. The van der Waals surface area contributed by atoms with E-state index < -0.39 is 11.2 Å². The molecule has 0 radical (unpaired) electrons. The summed E-state index contributed by atoms with van der Waals surface area (Å²) in [5.41, 5.74) is 0.861. The van der Waals surface area contributed by atoms with E-state index in [9.17, 15) is 10.2 Å². The van der Waals surface area contributed by atoms with E-state index in [4.69, 9.17) is 0 Å². The molecule has 0 bridgehead atoms. The zero-order valence-corrected chi connectivity index (χ0v) is 22.4. The molecular formula is C30H52O2. The molecule has 4 unspecified atom stereocenters. The Balaban J connectivity index is 1.58. The zero-order valence-electron chi connectivity index (χ0n) is 22.4. The van der Waals surface area contributed by atoms with E-state index in [2.05, 4.69) is 55.4 Å². The van der Waals surface area contributed by atoms with Crippen LogP contribution >= 0.6 is 0 Å². The maximum Gasteiger partial charge on any atom is 0.168 e. The van der Waals surface area contributed by atoms with Crippen molar-refractivity contribution in [1.29, 1.82) is 0 Å². The Morgan fingerprint density at radius 1 is 0.656 bits per heavy atom. The first kappa shape index (κ1) is 23.7. The van der Waals surface area contributed by atoms with Gasteiger partial charge in [-0.1, -0.05) is 55.4 Å². The van der Waals surface area contributed by atoms with Crippen LogP contribution in [-0.2, 0) is 0 Å². The minimum atomic E-state index is -1.53. The van der Waals surface area contributed by atoms with Gasteiger partial charge in [0.05, 0.1) is 0 Å². The Labute approximate surface area is 198 Å². The normalized spacial score (nSPS) is 56.2. The van der Waals surface area contributed by atoms with E-state index in [1.54, 1.807) is 0 Å². The van der Waals surface area contributed by atoms with Crippen molar-refractivity contribution in [3.8, 4) is 0 Å². The average molecular weight is 445 g/mol. The summed E-state index contributed by atoms with van der Waals surface area (Å²) < 4.78 is 0. The molecule has 5 fully saturated rings. The third kappa shape index (κ3) is 2.66. The van der Waals surface area contributed by atoms with Crippen LogP contribution in [0.4, 0.5) is 0 Å². The molecule has 32 heavy (non-hydrogen) atoms. The minimum Gasteiger partial charge on any atom is -0.365 e. The van der Waals surface area contributed by atoms with Crippen molar-refractivity contribution < 1.29 is 10.2 Å². The van der Waals surface area contributed by atoms with Crippen LogP contribution in [0.25, 0.3) is 0 Å². The van der Waals surface area contributed by atoms with E-state index in [1.165, 1.54) is 44.9 Å². The van der Waals surface area contributed by atoms with Gasteiger partial charge in [-0.25, -0.2) is 0 Å². The van der Waals surface area contributed by atoms with Crippen LogP contribution in [0.2, 0.25) is 0 Å². The molecule has 0 amide bonds. The standard InChI is InChI=1S/C30H52O2/c1-19(2)20-11-13-26(5)16-17-27(6)21(24(20)26)9-10-23-28(27,7)14-12-22-25(3,4)15-18-30(31,32)29(22,23)8/h19-24,31-32H,9-18H2,1-8H3/t20-,21?,22?,23?,24?,26-,27-,28-,29+/m1/s1. The lowest BCUT2D eigenvalue weighted by Gasteiger charge is -2.74. The Morgan fingerprint density at radius 3 is 2.00 bits per heavy atom. The number of aliphatic hydroxyl groups is 2. The molecule has 0 saturated heterocycles. The molecule has 0 spiro atoms. The predicted octanol–water partition coefficient (Wildman–Crippen LogP) is 7.42. The van der Waals surface area contributed by atoms with Gasteiger partial charge in [-0.05, 0) is 115 Å². The van der Waals surface area contributed by atoms with E-state index in [1.807, 2.05) is 0 Å². The van der Waals surface area contributed by atoms with Crippen LogP contribution in [0.1, 0.15) is 120 Å². The fourth-order valence-electron chi connectivity index (χ4n) is 11.7. The second kappa shape index (κ2) is 6.77. The second-order valence-electron chi connectivity index (χ2n) is 15.4. The van der Waals surface area contributed by atoms with Gasteiger partial charge in [-0.15, -0.1) is 0 Å². The SMILES string of the molecule is CC(C)[C@H]1CC[C@]2(C)CC[C@]3(C)C(CCC4[C@]5(C)C(CC[C@]43C)C(C)(C)CCC5(O)O)C12. The van der Waals surface area contributed by atoms with Gasteiger partial charge in [0.2, 0.25) is 0 Å². The molecule has 184 valence electrons. The first-order valence-corrected chi connectivity index (χ1v) is 14.1. The molecule has 5 rings (SSSR count). The molecular weight excluding hydrogens is 392 g/mol. The summed E-state index contributed by atoms with van der Waals surface area (Å²) in [6.07, 6.45) is 12.0. The van der Waals surface area contributed by atoms with Crippen LogP contribution in [0.15, 0.2) is 0 Å². The lowest BCUT2D eigenvalue weighted by Crippen LogP contribution is -2.71. The van der Waals surface area contributed by atoms with Gasteiger partial charge in [-0.2, -0.15) is 0 Å². The molecule has 5 aliphatic rings. The van der Waals surface area contributed by atoms with Crippen LogP contribution < -0.4 is 0 Å². The maximum atomic E-state index is 11.6. The monoisotopic (exact) mass is 444 g/mol. The Bertz CT molecular complexity index is 769. The highest BCUT2D eigenvalue weighted by atomic mass is 16.5. The fourth-order valence-corrected chi connectivity index (χ4v) is 11.7. The van der Waals surface area contributed by atoms with Gasteiger partial charge < -0.3 is 10.2 Å². The van der Waals surface area contributed by atoms with E-state index in [0.717, 1.165) is 36.5 Å². The number of rotatable bonds is 1. The summed E-state index contributed by atoms with van der Waals surface area (Å²) in [7, 11) is 0. The number of fused-ring (bicyclic) bond motifs is 7. The third-order valence-electron chi connectivity index (χ3n) is 13.8. The molecule has 5 saturated carbocycles. The van der Waals surface area contributed by atoms with Gasteiger partial charge in [0.25, 0.3) is 0 Å². The molecule has 0 aromatic carbocycles. The Hall–Kier alpha value is -0.0800. The lowest BCUT2D eigenvalue weighted by atomic mass is 9.31. The van der Waals surface area contributed by atoms with E-state index >= 15 is 0 Å². The summed E-state index contributed by atoms with van der Waals surface area (Å²) in [4.78, 5) is 0. The molecule has 0 heterocycles. The predicted molar refractivity (Wildman–Crippen MR) is 132 cm³/mol. The van der Waals surface area contributed by atoms with Crippen LogP contribution in [-0.4, -0.2) is 16.0 Å². The number of hydrogen-bond donors (Lipinski definition) is 2. The van der Waals surface area contributed by atoms with Crippen LogP contribution in [0, 0.1) is 62.6 Å². The van der Waals surface area contributed by atoms with Crippen molar-refractivity contribution in [3.63, 3.8) is 0 Å². The van der Waals surface area contributed by atoms with Gasteiger partial charge in [0.1, 0.15) is 0 Å². The summed E-state index contributed by atoms with van der Waals surface area (Å²) in [6.45, 7) is 19.9. The number of hydrogen-bond acceptors (Lipinski definition) is 2. The van der Waals surface area contributed by atoms with Crippen molar-refractivity contribution in [2.75, 3.05) is 0 Å². The molecule has 2 heteroatoms. The van der Waals surface area contributed by atoms with Crippen molar-refractivity contribution in [3.05, 3.63) is 0 Å². The van der Waals surface area contributed by atoms with Gasteiger partial charge >= 0.3 is 0 Å². The van der Waals surface area contributed by atoms with Crippen molar-refractivity contribution in [2.45, 2.75) is 125 Å². The summed E-state index contributed by atoms with van der Waals surface area (Å²) in [5.74, 6) is 2.61. The average Bonchev–Trinajstić information content (AvgIpc) is 3.04. The summed E-state index contributed by atoms with van der Waals surface area (Å²) in [6, 6.07) is 0. The Morgan fingerprint density at radius 2 is 1.34 bits per heavy atom. The maximum absolute atomic E-state index is 11.6. The zero-order chi connectivity index (χ0) is 23.5. The van der Waals surface area contributed by atoms with E-state index in [0.29, 0.717) is 29.1 Å². The quantitative estimate of drug-likeness (QED) is 0.413. The Kier molecular flexibility index (Phi) is 5.01. The third-order valence-corrected chi connectivity index (χ3v) is 13.8. The fraction of sp³-hybridized carbons (Fsp3) is 1.00. The largest absolute Gasteiger partial charge is 0.365 e. The van der Waals surface area contributed by atoms with Gasteiger partial charge in [0.15, 0.2) is 5.79 Å². The van der Waals surface area contributed by atoms with Gasteiger partial charge in [0, 0.05) is 11.8 Å². The molecule has 5 aliphatic carbocycles. The highest BCUT2D eigenvalue weighted by molar-refractivity contribution is 5.20. The molecule has 0 aromatic heterocycles. The van der Waals surface area contributed by atoms with Crippen LogP contribution in [0.5, 0.6) is 0 Å². The second-order valence-corrected chi connectivity index (χ2v) is 15.4. The molecule has 0 aromatic rings.